The number of Topliss-reactive ketones (excluding diaryl/α,β-unsaturated/α-hetero) is 1. The monoisotopic (exact) mass is 278 g/mol. The maximum Gasteiger partial charge on any atom is 0.198 e. The Morgan fingerprint density at radius 3 is 2.60 bits per heavy atom. The van der Waals surface area contributed by atoms with Gasteiger partial charge in [-0.05, 0) is 12.8 Å². The zero-order chi connectivity index (χ0) is 14.6. The number of hydrogen-bond acceptors (Lipinski definition) is 5. The minimum absolute atomic E-state index is 0.0115. The Hall–Kier alpha value is -1.75. The molecule has 0 aliphatic carbocycles. The lowest BCUT2D eigenvalue weighted by molar-refractivity contribution is -0.0396. The molecule has 108 valence electrons. The van der Waals surface area contributed by atoms with Crippen molar-refractivity contribution >= 4 is 5.78 Å². The number of benzene rings is 1. The quantitative estimate of drug-likeness (QED) is 0.760. The van der Waals surface area contributed by atoms with Gasteiger partial charge < -0.3 is 19.7 Å². The molecule has 2 aliphatic rings. The molecule has 2 heterocycles. The number of ether oxygens (including phenoxy) is 2. The summed E-state index contributed by atoms with van der Waals surface area (Å²) in [6.45, 7) is 5.74. The SMILES string of the molecule is Cc1c(O)c2c(c3c1OCC(C)C3=O)[C@H](C)C[C@@H](O)O2. The number of ketones is 1. The molecule has 1 unspecified atom stereocenters. The first kappa shape index (κ1) is 13.2. The summed E-state index contributed by atoms with van der Waals surface area (Å²) >= 11 is 0. The highest BCUT2D eigenvalue weighted by molar-refractivity contribution is 6.04. The average molecular weight is 278 g/mol. The van der Waals surface area contributed by atoms with Crippen LogP contribution < -0.4 is 9.47 Å². The number of aromatic hydroxyl groups is 1. The van der Waals surface area contributed by atoms with E-state index in [0.29, 0.717) is 35.5 Å². The zero-order valence-electron chi connectivity index (χ0n) is 11.8. The van der Waals surface area contributed by atoms with Crippen molar-refractivity contribution in [2.45, 2.75) is 39.4 Å². The summed E-state index contributed by atoms with van der Waals surface area (Å²) in [6.07, 6.45) is -0.568. The smallest absolute Gasteiger partial charge is 0.198 e. The Bertz CT molecular complexity index is 593. The first-order valence-corrected chi connectivity index (χ1v) is 6.83. The number of aliphatic hydroxyl groups excluding tert-OH is 1. The summed E-state index contributed by atoms with van der Waals surface area (Å²) in [5.41, 5.74) is 1.65. The van der Waals surface area contributed by atoms with E-state index in [9.17, 15) is 15.0 Å². The van der Waals surface area contributed by atoms with Crippen LogP contribution in [0.1, 0.15) is 47.7 Å². The van der Waals surface area contributed by atoms with Crippen LogP contribution in [0.3, 0.4) is 0 Å². The molecule has 0 radical (unpaired) electrons. The number of hydrogen-bond donors (Lipinski definition) is 2. The molecule has 0 spiro atoms. The van der Waals surface area contributed by atoms with Gasteiger partial charge in [0.1, 0.15) is 5.75 Å². The molecule has 0 amide bonds. The summed E-state index contributed by atoms with van der Waals surface area (Å²) in [5, 5.41) is 20.0. The number of phenols is 1. The molecular formula is C15H18O5. The Balaban J connectivity index is 2.32. The highest BCUT2D eigenvalue weighted by Crippen LogP contribution is 2.51. The van der Waals surface area contributed by atoms with Crippen molar-refractivity contribution in [2.75, 3.05) is 6.61 Å². The van der Waals surface area contributed by atoms with Gasteiger partial charge in [0.15, 0.2) is 23.6 Å². The predicted molar refractivity (Wildman–Crippen MR) is 71.5 cm³/mol. The van der Waals surface area contributed by atoms with Crippen molar-refractivity contribution in [3.8, 4) is 17.2 Å². The highest BCUT2D eigenvalue weighted by atomic mass is 16.6. The molecule has 1 aromatic carbocycles. The Morgan fingerprint density at radius 2 is 1.90 bits per heavy atom. The van der Waals surface area contributed by atoms with Crippen LogP contribution in [-0.4, -0.2) is 28.9 Å². The fourth-order valence-corrected chi connectivity index (χ4v) is 2.98. The van der Waals surface area contributed by atoms with Gasteiger partial charge in [-0.2, -0.15) is 0 Å². The molecule has 3 atom stereocenters. The van der Waals surface area contributed by atoms with E-state index in [1.165, 1.54) is 0 Å². The van der Waals surface area contributed by atoms with E-state index in [0.717, 1.165) is 0 Å². The molecule has 2 aliphatic heterocycles. The third-order valence-corrected chi connectivity index (χ3v) is 4.13. The first-order chi connectivity index (χ1) is 9.41. The van der Waals surface area contributed by atoms with Gasteiger partial charge in [-0.3, -0.25) is 4.79 Å². The van der Waals surface area contributed by atoms with Gasteiger partial charge in [0.25, 0.3) is 0 Å². The molecule has 0 fully saturated rings. The van der Waals surface area contributed by atoms with Crippen LogP contribution in [-0.2, 0) is 0 Å². The molecule has 1 aromatic rings. The second-order valence-corrected chi connectivity index (χ2v) is 5.71. The van der Waals surface area contributed by atoms with Gasteiger partial charge >= 0.3 is 0 Å². The fourth-order valence-electron chi connectivity index (χ4n) is 2.98. The standard InChI is InChI=1S/C15H18O5/c1-6-4-9(16)20-15-10(6)11-12(17)7(2)5-19-14(11)8(3)13(15)18/h6-7,9,16,18H,4-5H2,1-3H3/t6-,7?,9+/m1/s1. The summed E-state index contributed by atoms with van der Waals surface area (Å²) in [7, 11) is 0. The van der Waals surface area contributed by atoms with E-state index in [2.05, 4.69) is 0 Å². The third-order valence-electron chi connectivity index (χ3n) is 4.13. The van der Waals surface area contributed by atoms with E-state index in [1.54, 1.807) is 6.92 Å². The summed E-state index contributed by atoms with van der Waals surface area (Å²) in [4.78, 5) is 12.5. The van der Waals surface area contributed by atoms with Crippen LogP contribution in [0.5, 0.6) is 17.2 Å². The normalized spacial score (nSPS) is 28.2. The maximum absolute atomic E-state index is 12.5. The van der Waals surface area contributed by atoms with Gasteiger partial charge in [0.05, 0.1) is 18.1 Å². The molecule has 2 N–H and O–H groups in total. The Labute approximate surface area is 117 Å². The van der Waals surface area contributed by atoms with E-state index in [4.69, 9.17) is 9.47 Å². The van der Waals surface area contributed by atoms with Crippen LogP contribution in [0.15, 0.2) is 0 Å². The number of rotatable bonds is 0. The van der Waals surface area contributed by atoms with Gasteiger partial charge in [-0.15, -0.1) is 0 Å². The minimum Gasteiger partial charge on any atom is -0.504 e. The van der Waals surface area contributed by atoms with Gasteiger partial charge in [0.2, 0.25) is 0 Å². The molecule has 20 heavy (non-hydrogen) atoms. The van der Waals surface area contributed by atoms with E-state index in [-0.39, 0.29) is 29.1 Å². The predicted octanol–water partition coefficient (Wildman–Crippen LogP) is 2.12. The van der Waals surface area contributed by atoms with Crippen molar-refractivity contribution in [3.05, 3.63) is 16.7 Å². The molecule has 0 saturated heterocycles. The van der Waals surface area contributed by atoms with Crippen molar-refractivity contribution in [1.82, 2.24) is 0 Å². The van der Waals surface area contributed by atoms with Crippen LogP contribution in [0.25, 0.3) is 0 Å². The molecular weight excluding hydrogens is 260 g/mol. The average Bonchev–Trinajstić information content (AvgIpc) is 2.39. The van der Waals surface area contributed by atoms with Crippen molar-refractivity contribution in [1.29, 1.82) is 0 Å². The van der Waals surface area contributed by atoms with E-state index >= 15 is 0 Å². The Morgan fingerprint density at radius 1 is 1.20 bits per heavy atom. The van der Waals surface area contributed by atoms with Crippen LogP contribution in [0.4, 0.5) is 0 Å². The number of fused-ring (bicyclic) bond motifs is 3. The van der Waals surface area contributed by atoms with Crippen molar-refractivity contribution in [3.63, 3.8) is 0 Å². The molecule has 0 saturated carbocycles. The lowest BCUT2D eigenvalue weighted by atomic mass is 9.82. The van der Waals surface area contributed by atoms with Gasteiger partial charge in [-0.25, -0.2) is 0 Å². The van der Waals surface area contributed by atoms with E-state index in [1.807, 2.05) is 13.8 Å². The fraction of sp³-hybridized carbons (Fsp3) is 0.533. The third kappa shape index (κ3) is 1.69. The second kappa shape index (κ2) is 4.38. The number of carbonyl (C=O) groups excluding carboxylic acids is 1. The number of phenolic OH excluding ortho intramolecular Hbond substituents is 1. The van der Waals surface area contributed by atoms with Crippen molar-refractivity contribution in [2.24, 2.45) is 5.92 Å². The first-order valence-electron chi connectivity index (χ1n) is 6.83. The zero-order valence-corrected chi connectivity index (χ0v) is 11.8. The molecule has 0 bridgehead atoms. The minimum atomic E-state index is -0.960. The largest absolute Gasteiger partial charge is 0.504 e. The number of carbonyl (C=O) groups is 1. The maximum atomic E-state index is 12.5. The molecule has 5 nitrogen and oxygen atoms in total. The van der Waals surface area contributed by atoms with Gasteiger partial charge in [0, 0.05) is 17.5 Å². The molecule has 3 rings (SSSR count). The lowest BCUT2D eigenvalue weighted by Crippen LogP contribution is -2.31. The van der Waals surface area contributed by atoms with E-state index < -0.39 is 6.29 Å². The highest BCUT2D eigenvalue weighted by Gasteiger charge is 2.38. The second-order valence-electron chi connectivity index (χ2n) is 5.71. The summed E-state index contributed by atoms with van der Waals surface area (Å²) in [5.74, 6) is 0.348. The molecule has 5 heteroatoms. The lowest BCUT2D eigenvalue weighted by Gasteiger charge is -2.34. The van der Waals surface area contributed by atoms with Crippen molar-refractivity contribution < 1.29 is 24.5 Å². The van der Waals surface area contributed by atoms with Crippen LogP contribution in [0, 0.1) is 12.8 Å². The van der Waals surface area contributed by atoms with Crippen LogP contribution in [0.2, 0.25) is 0 Å². The summed E-state index contributed by atoms with van der Waals surface area (Å²) < 4.78 is 11.0. The molecule has 0 aromatic heterocycles. The number of aliphatic hydroxyl groups is 1. The van der Waals surface area contributed by atoms with Crippen LogP contribution >= 0.6 is 0 Å². The topological polar surface area (TPSA) is 76.0 Å². The summed E-state index contributed by atoms with van der Waals surface area (Å²) in [6, 6.07) is 0. The van der Waals surface area contributed by atoms with Gasteiger partial charge in [-0.1, -0.05) is 13.8 Å². The Kier molecular flexibility index (Phi) is 2.90.